The number of rotatable bonds is 4. The van der Waals surface area contributed by atoms with Gasteiger partial charge in [-0.05, 0) is 24.3 Å². The molecule has 0 radical (unpaired) electrons. The third kappa shape index (κ3) is 3.85. The summed E-state index contributed by atoms with van der Waals surface area (Å²) >= 11 is 0. The zero-order chi connectivity index (χ0) is 20.5. The van der Waals surface area contributed by atoms with Crippen LogP contribution in [0, 0.1) is 21.7 Å². The van der Waals surface area contributed by atoms with Gasteiger partial charge in [-0.1, -0.05) is 6.07 Å². The van der Waals surface area contributed by atoms with Crippen molar-refractivity contribution in [2.75, 3.05) is 26.2 Å². The number of halogens is 2. The van der Waals surface area contributed by atoms with Gasteiger partial charge in [-0.25, -0.2) is 17.2 Å². The second-order valence-corrected chi connectivity index (χ2v) is 8.02. The van der Waals surface area contributed by atoms with E-state index in [0.717, 1.165) is 22.5 Å². The molecule has 8 nitrogen and oxygen atoms in total. The van der Waals surface area contributed by atoms with Crippen molar-refractivity contribution in [2.24, 2.45) is 0 Å². The molecular weight excluding hydrogens is 396 g/mol. The van der Waals surface area contributed by atoms with Crippen LogP contribution in [-0.4, -0.2) is 54.6 Å². The summed E-state index contributed by atoms with van der Waals surface area (Å²) < 4.78 is 52.6. The molecule has 1 amide bonds. The summed E-state index contributed by atoms with van der Waals surface area (Å²) in [5.41, 5.74) is -0.0866. The van der Waals surface area contributed by atoms with Crippen LogP contribution in [0.1, 0.15) is 10.4 Å². The lowest BCUT2D eigenvalue weighted by molar-refractivity contribution is -0.384. The number of carbonyl (C=O) groups is 1. The number of nitrogens with zero attached hydrogens (tertiary/aromatic N) is 3. The molecule has 0 bridgehead atoms. The molecule has 0 aromatic heterocycles. The van der Waals surface area contributed by atoms with E-state index in [1.807, 2.05) is 0 Å². The minimum Gasteiger partial charge on any atom is -0.336 e. The van der Waals surface area contributed by atoms with Gasteiger partial charge in [-0.2, -0.15) is 4.31 Å². The van der Waals surface area contributed by atoms with Gasteiger partial charge in [-0.3, -0.25) is 14.9 Å². The minimum absolute atomic E-state index is 0.0397. The predicted octanol–water partition coefficient (Wildman–Crippen LogP) is 2.02. The second kappa shape index (κ2) is 7.60. The average Bonchev–Trinajstić information content (AvgIpc) is 2.69. The van der Waals surface area contributed by atoms with Crippen LogP contribution in [0.5, 0.6) is 0 Å². The van der Waals surface area contributed by atoms with Crippen LogP contribution < -0.4 is 0 Å². The number of nitro groups is 1. The largest absolute Gasteiger partial charge is 0.336 e. The molecular formula is C17H15F2N3O5S. The lowest BCUT2D eigenvalue weighted by Crippen LogP contribution is -2.50. The molecule has 1 aliphatic heterocycles. The van der Waals surface area contributed by atoms with E-state index in [1.165, 1.54) is 23.1 Å². The normalized spacial score (nSPS) is 15.4. The smallest absolute Gasteiger partial charge is 0.270 e. The molecule has 0 saturated carbocycles. The lowest BCUT2D eigenvalue weighted by atomic mass is 10.1. The average molecular weight is 411 g/mol. The topological polar surface area (TPSA) is 101 Å². The molecule has 1 heterocycles. The Balaban J connectivity index is 1.71. The zero-order valence-corrected chi connectivity index (χ0v) is 15.2. The quantitative estimate of drug-likeness (QED) is 0.566. The van der Waals surface area contributed by atoms with E-state index in [4.69, 9.17) is 0 Å². The molecule has 2 aromatic carbocycles. The van der Waals surface area contributed by atoms with Crippen LogP contribution in [0.25, 0.3) is 0 Å². The first-order valence-corrected chi connectivity index (χ1v) is 9.63. The van der Waals surface area contributed by atoms with E-state index in [1.54, 1.807) is 0 Å². The summed E-state index contributed by atoms with van der Waals surface area (Å²) in [6.45, 7) is 0.0405. The molecule has 0 aliphatic carbocycles. The summed E-state index contributed by atoms with van der Waals surface area (Å²) in [7, 11) is -4.03. The number of amides is 1. The van der Waals surface area contributed by atoms with Crippen LogP contribution in [0.15, 0.2) is 47.4 Å². The number of benzene rings is 2. The Labute approximate surface area is 159 Å². The van der Waals surface area contributed by atoms with Gasteiger partial charge in [0.15, 0.2) is 11.6 Å². The Hall–Kier alpha value is -2.92. The monoisotopic (exact) mass is 411 g/mol. The molecule has 3 rings (SSSR count). The Morgan fingerprint density at radius 2 is 1.68 bits per heavy atom. The van der Waals surface area contributed by atoms with Crippen molar-refractivity contribution in [1.29, 1.82) is 0 Å². The number of piperazine rings is 1. The van der Waals surface area contributed by atoms with E-state index >= 15 is 0 Å². The maximum atomic E-state index is 13.4. The summed E-state index contributed by atoms with van der Waals surface area (Å²) in [6.07, 6.45) is 0. The van der Waals surface area contributed by atoms with Gasteiger partial charge in [0, 0.05) is 43.9 Å². The Morgan fingerprint density at radius 1 is 1.00 bits per heavy atom. The van der Waals surface area contributed by atoms with Gasteiger partial charge in [0.25, 0.3) is 11.6 Å². The molecule has 0 unspecified atom stereocenters. The number of sulfonamides is 1. The molecule has 0 N–H and O–H groups in total. The van der Waals surface area contributed by atoms with Crippen molar-refractivity contribution >= 4 is 21.6 Å². The number of hydrogen-bond acceptors (Lipinski definition) is 5. The molecule has 0 atom stereocenters. The fraction of sp³-hybridized carbons (Fsp3) is 0.235. The Kier molecular flexibility index (Phi) is 5.38. The molecule has 28 heavy (non-hydrogen) atoms. The highest BCUT2D eigenvalue weighted by Gasteiger charge is 2.31. The minimum atomic E-state index is -4.03. The SMILES string of the molecule is O=C(c1cccc([N+](=O)[O-])c1)N1CCN(S(=O)(=O)c2ccc(F)c(F)c2)CC1. The molecule has 1 saturated heterocycles. The second-order valence-electron chi connectivity index (χ2n) is 6.08. The van der Waals surface area contributed by atoms with Crippen LogP contribution in [0.3, 0.4) is 0 Å². The fourth-order valence-corrected chi connectivity index (χ4v) is 4.29. The van der Waals surface area contributed by atoms with Gasteiger partial charge in [0.05, 0.1) is 9.82 Å². The number of carbonyl (C=O) groups excluding carboxylic acids is 1. The van der Waals surface area contributed by atoms with Crippen molar-refractivity contribution in [1.82, 2.24) is 9.21 Å². The Morgan fingerprint density at radius 3 is 2.29 bits per heavy atom. The van der Waals surface area contributed by atoms with Crippen LogP contribution in [0.2, 0.25) is 0 Å². The van der Waals surface area contributed by atoms with E-state index in [0.29, 0.717) is 6.07 Å². The van der Waals surface area contributed by atoms with Crippen LogP contribution in [0.4, 0.5) is 14.5 Å². The summed E-state index contributed by atoms with van der Waals surface area (Å²) in [5.74, 6) is -2.86. The number of nitro benzene ring substituents is 1. The molecule has 0 spiro atoms. The molecule has 11 heteroatoms. The van der Waals surface area contributed by atoms with E-state index in [2.05, 4.69) is 0 Å². The first kappa shape index (κ1) is 19.8. The molecule has 1 aliphatic rings. The van der Waals surface area contributed by atoms with Gasteiger partial charge in [-0.15, -0.1) is 0 Å². The standard InChI is InChI=1S/C17H15F2N3O5S/c18-15-5-4-14(11-16(15)19)28(26,27)21-8-6-20(7-9-21)17(23)12-2-1-3-13(10-12)22(24)25/h1-5,10-11H,6-9H2. The highest BCUT2D eigenvalue weighted by molar-refractivity contribution is 7.89. The number of non-ortho nitro benzene ring substituents is 1. The lowest BCUT2D eigenvalue weighted by Gasteiger charge is -2.34. The van der Waals surface area contributed by atoms with Gasteiger partial charge < -0.3 is 4.90 Å². The van der Waals surface area contributed by atoms with E-state index in [-0.39, 0.29) is 42.3 Å². The first-order chi connectivity index (χ1) is 13.2. The molecule has 148 valence electrons. The van der Waals surface area contributed by atoms with Crippen molar-refractivity contribution < 1.29 is 26.9 Å². The van der Waals surface area contributed by atoms with Gasteiger partial charge >= 0.3 is 0 Å². The van der Waals surface area contributed by atoms with Crippen molar-refractivity contribution in [3.63, 3.8) is 0 Å². The van der Waals surface area contributed by atoms with Crippen molar-refractivity contribution in [3.05, 3.63) is 69.8 Å². The van der Waals surface area contributed by atoms with E-state index in [9.17, 15) is 32.1 Å². The maximum absolute atomic E-state index is 13.4. The fourth-order valence-electron chi connectivity index (χ4n) is 2.85. The highest BCUT2D eigenvalue weighted by Crippen LogP contribution is 2.21. The van der Waals surface area contributed by atoms with Crippen molar-refractivity contribution in [2.45, 2.75) is 4.90 Å². The van der Waals surface area contributed by atoms with Crippen molar-refractivity contribution in [3.8, 4) is 0 Å². The van der Waals surface area contributed by atoms with Crippen LogP contribution >= 0.6 is 0 Å². The van der Waals surface area contributed by atoms with Crippen LogP contribution in [-0.2, 0) is 10.0 Å². The summed E-state index contributed by atoms with van der Waals surface area (Å²) in [6, 6.07) is 7.61. The third-order valence-corrected chi connectivity index (χ3v) is 6.25. The summed E-state index contributed by atoms with van der Waals surface area (Å²) in [4.78, 5) is 23.8. The van der Waals surface area contributed by atoms with E-state index < -0.39 is 32.5 Å². The first-order valence-electron chi connectivity index (χ1n) is 8.19. The number of hydrogen-bond donors (Lipinski definition) is 0. The molecule has 2 aromatic rings. The van der Waals surface area contributed by atoms with Gasteiger partial charge in [0.2, 0.25) is 10.0 Å². The third-order valence-electron chi connectivity index (χ3n) is 4.36. The Bertz CT molecular complexity index is 1040. The van der Waals surface area contributed by atoms with Gasteiger partial charge in [0.1, 0.15) is 0 Å². The molecule has 1 fully saturated rings. The highest BCUT2D eigenvalue weighted by atomic mass is 32.2. The predicted molar refractivity (Wildman–Crippen MR) is 94.1 cm³/mol. The summed E-state index contributed by atoms with van der Waals surface area (Å²) in [5, 5.41) is 10.8. The maximum Gasteiger partial charge on any atom is 0.270 e. The zero-order valence-electron chi connectivity index (χ0n) is 14.4.